The van der Waals surface area contributed by atoms with Crippen LogP contribution < -0.4 is 4.90 Å². The molecule has 0 atom stereocenters. The first-order valence-electron chi connectivity index (χ1n) is 7.36. The van der Waals surface area contributed by atoms with Gasteiger partial charge in [-0.3, -0.25) is 0 Å². The second-order valence-electron chi connectivity index (χ2n) is 5.66. The third-order valence-electron chi connectivity index (χ3n) is 3.26. The van der Waals surface area contributed by atoms with Crippen molar-refractivity contribution in [1.82, 2.24) is 14.9 Å². The van der Waals surface area contributed by atoms with Gasteiger partial charge in [-0.05, 0) is 34.0 Å². The Hall–Kier alpha value is -1.69. The van der Waals surface area contributed by atoms with Gasteiger partial charge in [0.2, 0.25) is 0 Å². The van der Waals surface area contributed by atoms with Crippen LogP contribution in [0, 0.1) is 0 Å². The minimum absolute atomic E-state index is 0.0976. The summed E-state index contributed by atoms with van der Waals surface area (Å²) in [5, 5.41) is 9.40. The normalized spacial score (nSPS) is 11.2. The predicted octanol–water partition coefficient (Wildman–Crippen LogP) is 2.08. The average molecular weight is 294 g/mol. The molecule has 1 aromatic rings. The van der Waals surface area contributed by atoms with E-state index in [0.717, 1.165) is 26.1 Å². The van der Waals surface area contributed by atoms with E-state index in [-0.39, 0.29) is 11.6 Å². The van der Waals surface area contributed by atoms with E-state index in [1.165, 1.54) is 0 Å². The second-order valence-corrected chi connectivity index (χ2v) is 5.66. The number of hydrogen-bond acceptors (Lipinski definition) is 5. The number of carboxylic acids is 1. The van der Waals surface area contributed by atoms with Crippen molar-refractivity contribution >= 4 is 11.7 Å². The van der Waals surface area contributed by atoms with Gasteiger partial charge in [-0.25, -0.2) is 14.8 Å². The Morgan fingerprint density at radius 1 is 1.33 bits per heavy atom. The highest BCUT2D eigenvalue weighted by Gasteiger charge is 2.19. The van der Waals surface area contributed by atoms with E-state index in [2.05, 4.69) is 14.9 Å². The molecule has 0 aromatic carbocycles. The molecule has 0 fully saturated rings. The Morgan fingerprint density at radius 3 is 2.48 bits per heavy atom. The van der Waals surface area contributed by atoms with Crippen LogP contribution in [0.4, 0.5) is 5.69 Å². The number of carbonyl (C=O) groups is 1. The van der Waals surface area contributed by atoms with E-state index >= 15 is 0 Å². The molecule has 0 amide bonds. The topological polar surface area (TPSA) is 69.6 Å². The maximum Gasteiger partial charge on any atom is 0.356 e. The van der Waals surface area contributed by atoms with E-state index in [1.54, 1.807) is 6.20 Å². The van der Waals surface area contributed by atoms with Gasteiger partial charge in [-0.1, -0.05) is 13.8 Å². The molecule has 0 bridgehead atoms. The van der Waals surface area contributed by atoms with E-state index in [9.17, 15) is 9.90 Å². The molecular weight excluding hydrogens is 268 g/mol. The van der Waals surface area contributed by atoms with Crippen molar-refractivity contribution in [3.05, 3.63) is 17.7 Å². The molecule has 1 aromatic heterocycles. The predicted molar refractivity (Wildman–Crippen MR) is 84.1 cm³/mol. The van der Waals surface area contributed by atoms with Crippen LogP contribution in [0.2, 0.25) is 0 Å². The van der Waals surface area contributed by atoms with Gasteiger partial charge in [-0.2, -0.15) is 0 Å². The van der Waals surface area contributed by atoms with Crippen LogP contribution in [0.3, 0.4) is 0 Å². The fourth-order valence-corrected chi connectivity index (χ4v) is 2.08. The number of rotatable bonds is 8. The lowest BCUT2D eigenvalue weighted by molar-refractivity contribution is 0.0690. The summed E-state index contributed by atoms with van der Waals surface area (Å²) in [5.41, 5.74) is 0.702. The third kappa shape index (κ3) is 4.97. The smallest absolute Gasteiger partial charge is 0.356 e. The van der Waals surface area contributed by atoms with Crippen LogP contribution in [0.5, 0.6) is 0 Å². The number of nitrogens with zero attached hydrogens (tertiary/aromatic N) is 4. The van der Waals surface area contributed by atoms with E-state index in [4.69, 9.17) is 0 Å². The van der Waals surface area contributed by atoms with Crippen molar-refractivity contribution < 1.29 is 9.90 Å². The minimum atomic E-state index is -1.000. The zero-order valence-electron chi connectivity index (χ0n) is 13.6. The summed E-state index contributed by atoms with van der Waals surface area (Å²) in [6.45, 7) is 8.41. The van der Waals surface area contributed by atoms with Crippen molar-refractivity contribution in [3.63, 3.8) is 0 Å². The summed E-state index contributed by atoms with van der Waals surface area (Å²) in [4.78, 5) is 24.1. The summed E-state index contributed by atoms with van der Waals surface area (Å²) >= 11 is 0. The molecule has 0 aliphatic rings. The molecule has 0 radical (unpaired) electrons. The first kappa shape index (κ1) is 17.4. The zero-order valence-corrected chi connectivity index (χ0v) is 13.6. The third-order valence-corrected chi connectivity index (χ3v) is 3.26. The molecule has 6 heteroatoms. The zero-order chi connectivity index (χ0) is 16.0. The Kier molecular flexibility index (Phi) is 6.55. The molecule has 0 aliphatic heterocycles. The van der Waals surface area contributed by atoms with E-state index in [1.807, 2.05) is 39.8 Å². The molecule has 118 valence electrons. The SMILES string of the molecule is CCN(CCCN(C)C)c1cnc(C(C)C)nc1C(=O)O. The lowest BCUT2D eigenvalue weighted by Gasteiger charge is -2.25. The van der Waals surface area contributed by atoms with E-state index in [0.29, 0.717) is 11.5 Å². The van der Waals surface area contributed by atoms with Crippen LogP contribution in [0.1, 0.15) is 49.4 Å². The van der Waals surface area contributed by atoms with Crippen molar-refractivity contribution in [2.75, 3.05) is 38.6 Å². The maximum atomic E-state index is 11.5. The largest absolute Gasteiger partial charge is 0.476 e. The van der Waals surface area contributed by atoms with Crippen LogP contribution >= 0.6 is 0 Å². The fourth-order valence-electron chi connectivity index (χ4n) is 2.08. The Bertz CT molecular complexity index is 475. The highest BCUT2D eigenvalue weighted by Crippen LogP contribution is 2.20. The molecule has 0 unspecified atom stereocenters. The second kappa shape index (κ2) is 7.93. The van der Waals surface area contributed by atoms with Gasteiger partial charge < -0.3 is 14.9 Å². The van der Waals surface area contributed by atoms with Crippen LogP contribution in [0.15, 0.2) is 6.20 Å². The number of aromatic nitrogens is 2. The maximum absolute atomic E-state index is 11.5. The molecule has 1 heterocycles. The summed E-state index contributed by atoms with van der Waals surface area (Å²) in [6.07, 6.45) is 2.61. The highest BCUT2D eigenvalue weighted by atomic mass is 16.4. The molecule has 6 nitrogen and oxygen atoms in total. The average Bonchev–Trinajstić information content (AvgIpc) is 2.42. The quantitative estimate of drug-likeness (QED) is 0.791. The summed E-state index contributed by atoms with van der Waals surface area (Å²) in [5.74, 6) is -0.318. The summed E-state index contributed by atoms with van der Waals surface area (Å²) < 4.78 is 0. The van der Waals surface area contributed by atoms with Gasteiger partial charge in [-0.15, -0.1) is 0 Å². The molecule has 0 saturated heterocycles. The Balaban J connectivity index is 2.99. The monoisotopic (exact) mass is 294 g/mol. The van der Waals surface area contributed by atoms with Crippen molar-refractivity contribution in [2.45, 2.75) is 33.1 Å². The van der Waals surface area contributed by atoms with Gasteiger partial charge in [0.15, 0.2) is 5.69 Å². The molecule has 0 aliphatic carbocycles. The number of hydrogen-bond donors (Lipinski definition) is 1. The van der Waals surface area contributed by atoms with Gasteiger partial charge in [0.1, 0.15) is 5.82 Å². The molecule has 0 saturated carbocycles. The lowest BCUT2D eigenvalue weighted by Crippen LogP contribution is -2.29. The highest BCUT2D eigenvalue weighted by molar-refractivity contribution is 5.92. The Labute approximate surface area is 126 Å². The minimum Gasteiger partial charge on any atom is -0.476 e. The van der Waals surface area contributed by atoms with Gasteiger partial charge >= 0.3 is 5.97 Å². The van der Waals surface area contributed by atoms with Gasteiger partial charge in [0.25, 0.3) is 0 Å². The Morgan fingerprint density at radius 2 is 2.00 bits per heavy atom. The molecule has 1 rings (SSSR count). The van der Waals surface area contributed by atoms with Crippen LogP contribution in [0.25, 0.3) is 0 Å². The summed E-state index contributed by atoms with van der Waals surface area (Å²) in [7, 11) is 4.05. The first-order chi connectivity index (χ1) is 9.86. The lowest BCUT2D eigenvalue weighted by atomic mass is 10.2. The molecule has 0 spiro atoms. The van der Waals surface area contributed by atoms with Gasteiger partial charge in [0.05, 0.1) is 11.9 Å². The van der Waals surface area contributed by atoms with Crippen molar-refractivity contribution in [1.29, 1.82) is 0 Å². The fraction of sp³-hybridized carbons (Fsp3) is 0.667. The molecule has 1 N–H and O–H groups in total. The van der Waals surface area contributed by atoms with Crippen LogP contribution in [-0.2, 0) is 0 Å². The van der Waals surface area contributed by atoms with Crippen LogP contribution in [-0.4, -0.2) is 59.7 Å². The first-order valence-corrected chi connectivity index (χ1v) is 7.36. The van der Waals surface area contributed by atoms with Gasteiger partial charge in [0, 0.05) is 19.0 Å². The van der Waals surface area contributed by atoms with E-state index < -0.39 is 5.97 Å². The summed E-state index contributed by atoms with van der Waals surface area (Å²) in [6, 6.07) is 0. The van der Waals surface area contributed by atoms with Crippen molar-refractivity contribution in [3.8, 4) is 0 Å². The molecule has 21 heavy (non-hydrogen) atoms. The molecular formula is C15H26N4O2. The number of anilines is 1. The number of aromatic carboxylic acids is 1. The standard InChI is InChI=1S/C15H26N4O2/c1-6-19(9-7-8-18(4)5)12-10-16-14(11(2)3)17-13(12)15(20)21/h10-11H,6-9H2,1-5H3,(H,20,21). The number of carboxylic acid groups (broad SMARTS) is 1. The van der Waals surface area contributed by atoms with Crippen molar-refractivity contribution in [2.24, 2.45) is 0 Å².